The molecule has 0 radical (unpaired) electrons. The van der Waals surface area contributed by atoms with Crippen molar-refractivity contribution < 1.29 is 4.42 Å². The third kappa shape index (κ3) is 2.98. The molecule has 0 aliphatic heterocycles. The second-order valence-corrected chi connectivity index (χ2v) is 7.95. The van der Waals surface area contributed by atoms with Crippen LogP contribution in [0.1, 0.15) is 18.7 Å². The first-order chi connectivity index (χ1) is 16.6. The quantitative estimate of drug-likeness (QED) is 0.413. The number of hydrogen-bond donors (Lipinski definition) is 2. The van der Waals surface area contributed by atoms with Gasteiger partial charge in [-0.15, -0.1) is 0 Å². The lowest BCUT2D eigenvalue weighted by atomic mass is 9.99. The van der Waals surface area contributed by atoms with Crippen molar-refractivity contribution in [1.29, 1.82) is 0 Å². The second-order valence-electron chi connectivity index (χ2n) is 7.95. The number of para-hydroxylation sites is 1. The Bertz CT molecular complexity index is 1700. The fourth-order valence-corrected chi connectivity index (χ4v) is 4.29. The molecule has 2 aromatic carbocycles. The zero-order valence-electron chi connectivity index (χ0n) is 18.1. The van der Waals surface area contributed by atoms with Gasteiger partial charge in [-0.3, -0.25) is 9.89 Å². The number of hydrogen-bond acceptors (Lipinski definition) is 7. The molecule has 4 aromatic heterocycles. The smallest absolute Gasteiger partial charge is 0.200 e. The summed E-state index contributed by atoms with van der Waals surface area (Å²) < 4.78 is 8.09. The molecule has 3 N–H and O–H groups in total. The first kappa shape index (κ1) is 19.9. The molecule has 1 unspecified atom stereocenters. The van der Waals surface area contributed by atoms with Crippen molar-refractivity contribution >= 4 is 27.8 Å². The number of nitrogen functional groups attached to an aromatic ring is 1. The number of anilines is 1. The third-order valence-corrected chi connectivity index (χ3v) is 5.92. The standard InChI is InChI=1S/C25H19N7O2/c1-14(32-25-20(24(26)27-13-28-25)21(31-32)16-11-29-30-12-16)23-19(15-7-3-2-4-8-15)22(33)17-9-5-6-10-18(17)34-23/h2-14H,1H3,(H,29,30)(H2,26,27,28). The number of fused-ring (bicyclic) bond motifs is 2. The van der Waals surface area contributed by atoms with E-state index in [2.05, 4.69) is 20.2 Å². The van der Waals surface area contributed by atoms with E-state index in [9.17, 15) is 4.79 Å². The fraction of sp³-hybridized carbons (Fsp3) is 0.0800. The van der Waals surface area contributed by atoms with E-state index in [1.54, 1.807) is 29.2 Å². The summed E-state index contributed by atoms with van der Waals surface area (Å²) in [5.74, 6) is 0.790. The van der Waals surface area contributed by atoms with Gasteiger partial charge in [0.25, 0.3) is 0 Å². The zero-order chi connectivity index (χ0) is 23.2. The van der Waals surface area contributed by atoms with Crippen LogP contribution in [0.15, 0.2) is 82.5 Å². The minimum Gasteiger partial charge on any atom is -0.458 e. The molecule has 0 amide bonds. The highest BCUT2D eigenvalue weighted by molar-refractivity contribution is 5.98. The first-order valence-corrected chi connectivity index (χ1v) is 10.7. The topological polar surface area (TPSA) is 129 Å². The molecular formula is C25H19N7O2. The lowest BCUT2D eigenvalue weighted by Gasteiger charge is -2.17. The van der Waals surface area contributed by atoms with Crippen molar-refractivity contribution in [2.75, 3.05) is 5.73 Å². The first-order valence-electron chi connectivity index (χ1n) is 10.7. The predicted molar refractivity (Wildman–Crippen MR) is 129 cm³/mol. The van der Waals surface area contributed by atoms with Crippen molar-refractivity contribution in [2.45, 2.75) is 13.0 Å². The lowest BCUT2D eigenvalue weighted by Crippen LogP contribution is -2.16. The number of benzene rings is 2. The molecule has 0 bridgehead atoms. The number of H-pyrrole nitrogens is 1. The summed E-state index contributed by atoms with van der Waals surface area (Å²) in [6.45, 7) is 1.92. The van der Waals surface area contributed by atoms with Gasteiger partial charge >= 0.3 is 0 Å². The summed E-state index contributed by atoms with van der Waals surface area (Å²) >= 11 is 0. The molecule has 0 saturated heterocycles. The second kappa shape index (κ2) is 7.66. The number of rotatable bonds is 4. The van der Waals surface area contributed by atoms with Crippen molar-refractivity contribution in [2.24, 2.45) is 0 Å². The summed E-state index contributed by atoms with van der Waals surface area (Å²) in [7, 11) is 0. The van der Waals surface area contributed by atoms with E-state index in [-0.39, 0.29) is 5.43 Å². The monoisotopic (exact) mass is 449 g/mol. The summed E-state index contributed by atoms with van der Waals surface area (Å²) in [6, 6.07) is 16.3. The molecule has 9 heteroatoms. The Morgan fingerprint density at radius 1 is 1.03 bits per heavy atom. The SMILES string of the molecule is CC(c1oc2ccccc2c(=O)c1-c1ccccc1)n1nc(-c2cn[nH]c2)c2c(N)ncnc21. The lowest BCUT2D eigenvalue weighted by molar-refractivity contribution is 0.446. The van der Waals surface area contributed by atoms with Gasteiger partial charge in [0, 0.05) is 11.8 Å². The number of aromatic nitrogens is 6. The van der Waals surface area contributed by atoms with E-state index in [1.807, 2.05) is 49.4 Å². The molecule has 0 saturated carbocycles. The molecule has 0 spiro atoms. The Balaban J connectivity index is 1.65. The highest BCUT2D eigenvalue weighted by atomic mass is 16.3. The highest BCUT2D eigenvalue weighted by Gasteiger charge is 2.26. The van der Waals surface area contributed by atoms with Gasteiger partial charge in [0.2, 0.25) is 5.43 Å². The fourth-order valence-electron chi connectivity index (χ4n) is 4.29. The van der Waals surface area contributed by atoms with Crippen molar-refractivity contribution in [3.8, 4) is 22.4 Å². The number of aromatic amines is 1. The van der Waals surface area contributed by atoms with Gasteiger partial charge in [0.05, 0.1) is 22.5 Å². The van der Waals surface area contributed by atoms with E-state index in [4.69, 9.17) is 15.2 Å². The van der Waals surface area contributed by atoms with Crippen LogP contribution in [0.2, 0.25) is 0 Å². The Morgan fingerprint density at radius 2 is 1.82 bits per heavy atom. The van der Waals surface area contributed by atoms with Crippen LogP contribution in [-0.2, 0) is 0 Å². The van der Waals surface area contributed by atoms with Gasteiger partial charge in [-0.05, 0) is 24.6 Å². The zero-order valence-corrected chi connectivity index (χ0v) is 18.1. The molecule has 166 valence electrons. The third-order valence-electron chi connectivity index (χ3n) is 5.92. The molecule has 6 rings (SSSR count). The number of nitrogens with zero attached hydrogens (tertiary/aromatic N) is 5. The van der Waals surface area contributed by atoms with E-state index in [1.165, 1.54) is 6.33 Å². The molecule has 6 aromatic rings. The molecular weight excluding hydrogens is 430 g/mol. The number of nitrogens with one attached hydrogen (secondary N) is 1. The summed E-state index contributed by atoms with van der Waals surface area (Å²) in [5.41, 5.74) is 9.77. The Hall–Kier alpha value is -4.79. The van der Waals surface area contributed by atoms with Crippen LogP contribution < -0.4 is 11.2 Å². The van der Waals surface area contributed by atoms with Gasteiger partial charge in [-0.2, -0.15) is 10.2 Å². The highest BCUT2D eigenvalue weighted by Crippen LogP contribution is 2.35. The largest absolute Gasteiger partial charge is 0.458 e. The van der Waals surface area contributed by atoms with Gasteiger partial charge in [0.1, 0.15) is 35.2 Å². The van der Waals surface area contributed by atoms with Crippen LogP contribution in [-0.4, -0.2) is 29.9 Å². The van der Waals surface area contributed by atoms with Gasteiger partial charge in [-0.1, -0.05) is 42.5 Å². The van der Waals surface area contributed by atoms with Crippen LogP contribution in [0.5, 0.6) is 0 Å². The van der Waals surface area contributed by atoms with Crippen LogP contribution >= 0.6 is 0 Å². The summed E-state index contributed by atoms with van der Waals surface area (Å²) in [6.07, 6.45) is 4.79. The summed E-state index contributed by atoms with van der Waals surface area (Å²) in [4.78, 5) is 22.3. The van der Waals surface area contributed by atoms with Crippen LogP contribution in [0.3, 0.4) is 0 Å². The maximum absolute atomic E-state index is 13.6. The van der Waals surface area contributed by atoms with Crippen molar-refractivity contribution in [3.05, 3.63) is 89.3 Å². The molecule has 1 atom stereocenters. The van der Waals surface area contributed by atoms with Crippen molar-refractivity contribution in [3.63, 3.8) is 0 Å². The van der Waals surface area contributed by atoms with Crippen LogP contribution in [0.25, 0.3) is 44.4 Å². The normalized spacial score (nSPS) is 12.4. The maximum Gasteiger partial charge on any atom is 0.200 e. The molecule has 4 heterocycles. The Kier molecular flexibility index (Phi) is 4.48. The van der Waals surface area contributed by atoms with E-state index in [0.717, 1.165) is 11.1 Å². The van der Waals surface area contributed by atoms with Gasteiger partial charge in [0.15, 0.2) is 5.65 Å². The van der Waals surface area contributed by atoms with Gasteiger partial charge in [-0.25, -0.2) is 14.6 Å². The molecule has 0 aliphatic carbocycles. The Morgan fingerprint density at radius 3 is 2.62 bits per heavy atom. The molecule has 0 fully saturated rings. The Labute approximate surface area is 192 Å². The van der Waals surface area contributed by atoms with Crippen LogP contribution in [0, 0.1) is 0 Å². The minimum atomic E-state index is -0.482. The maximum atomic E-state index is 13.6. The molecule has 9 nitrogen and oxygen atoms in total. The minimum absolute atomic E-state index is 0.101. The average molecular weight is 449 g/mol. The molecule has 34 heavy (non-hydrogen) atoms. The number of nitrogens with two attached hydrogens (primary N) is 1. The van der Waals surface area contributed by atoms with Crippen LogP contribution in [0.4, 0.5) is 5.82 Å². The van der Waals surface area contributed by atoms with E-state index < -0.39 is 6.04 Å². The molecule has 0 aliphatic rings. The van der Waals surface area contributed by atoms with Gasteiger partial charge < -0.3 is 10.2 Å². The van der Waals surface area contributed by atoms with E-state index >= 15 is 0 Å². The van der Waals surface area contributed by atoms with Crippen molar-refractivity contribution in [1.82, 2.24) is 29.9 Å². The summed E-state index contributed by atoms with van der Waals surface area (Å²) in [5, 5.41) is 12.8. The average Bonchev–Trinajstić information content (AvgIpc) is 3.53. The van der Waals surface area contributed by atoms with E-state index in [0.29, 0.717) is 44.8 Å². The predicted octanol–water partition coefficient (Wildman–Crippen LogP) is 4.18.